The molecule has 1 fully saturated rings. The molecule has 1 heterocycles. The Balaban J connectivity index is 1.90. The van der Waals surface area contributed by atoms with Gasteiger partial charge in [0.25, 0.3) is 0 Å². The molecular formula is C17H23N3O3. The number of piperidine rings is 1. The third-order valence-corrected chi connectivity index (χ3v) is 3.66. The van der Waals surface area contributed by atoms with Crippen molar-refractivity contribution < 1.29 is 14.4 Å². The van der Waals surface area contributed by atoms with Crippen LogP contribution < -0.4 is 10.6 Å². The van der Waals surface area contributed by atoms with E-state index in [-0.39, 0.29) is 24.3 Å². The minimum Gasteiger partial charge on any atom is -0.333 e. The number of amides is 3. The highest BCUT2D eigenvalue weighted by Gasteiger charge is 2.20. The van der Waals surface area contributed by atoms with Gasteiger partial charge < -0.3 is 15.5 Å². The summed E-state index contributed by atoms with van der Waals surface area (Å²) in [6.45, 7) is 2.66. The van der Waals surface area contributed by atoms with Crippen molar-refractivity contribution in [2.45, 2.75) is 39.0 Å². The summed E-state index contributed by atoms with van der Waals surface area (Å²) < 4.78 is 0. The Labute approximate surface area is 136 Å². The van der Waals surface area contributed by atoms with Crippen LogP contribution in [0.5, 0.6) is 0 Å². The van der Waals surface area contributed by atoms with E-state index in [1.807, 2.05) is 6.92 Å². The van der Waals surface area contributed by atoms with Gasteiger partial charge in [-0.15, -0.1) is 0 Å². The van der Waals surface area contributed by atoms with E-state index in [1.54, 1.807) is 29.2 Å². The number of rotatable bonds is 6. The zero-order valence-electron chi connectivity index (χ0n) is 13.4. The van der Waals surface area contributed by atoms with Crippen molar-refractivity contribution >= 4 is 29.1 Å². The first kappa shape index (κ1) is 17.0. The Kier molecular flexibility index (Phi) is 6.14. The predicted molar refractivity (Wildman–Crippen MR) is 89.0 cm³/mol. The van der Waals surface area contributed by atoms with Gasteiger partial charge in [-0.2, -0.15) is 0 Å². The number of carbonyl (C=O) groups excluding carboxylic acids is 3. The van der Waals surface area contributed by atoms with Gasteiger partial charge in [0.05, 0.1) is 6.54 Å². The molecule has 0 spiro atoms. The molecule has 0 bridgehead atoms. The highest BCUT2D eigenvalue weighted by molar-refractivity contribution is 5.96. The van der Waals surface area contributed by atoms with Gasteiger partial charge in [0.1, 0.15) is 0 Å². The highest BCUT2D eigenvalue weighted by atomic mass is 16.2. The molecule has 0 unspecified atom stereocenters. The molecular weight excluding hydrogens is 294 g/mol. The molecule has 0 aromatic heterocycles. The third kappa shape index (κ3) is 5.39. The first-order chi connectivity index (χ1) is 11.1. The molecule has 1 aromatic carbocycles. The van der Waals surface area contributed by atoms with E-state index < -0.39 is 0 Å². The second kappa shape index (κ2) is 8.31. The van der Waals surface area contributed by atoms with Gasteiger partial charge in [0.2, 0.25) is 17.7 Å². The molecule has 6 nitrogen and oxygen atoms in total. The van der Waals surface area contributed by atoms with E-state index in [1.165, 1.54) is 0 Å². The largest absolute Gasteiger partial charge is 0.333 e. The number of nitrogens with one attached hydrogen (secondary N) is 2. The molecule has 6 heteroatoms. The topological polar surface area (TPSA) is 78.5 Å². The van der Waals surface area contributed by atoms with Crippen LogP contribution in [0.2, 0.25) is 0 Å². The highest BCUT2D eigenvalue weighted by Crippen LogP contribution is 2.16. The standard InChI is InChI=1S/C17H23N3O3/c1-2-6-15(21)18-13-7-5-8-14(11-13)19-16(22)12-20-10-4-3-9-17(20)23/h5,7-8,11H,2-4,6,9-10,12H2,1H3,(H,18,21)(H,19,22). The Morgan fingerprint density at radius 3 is 2.48 bits per heavy atom. The van der Waals surface area contributed by atoms with E-state index in [0.717, 1.165) is 19.3 Å². The zero-order valence-corrected chi connectivity index (χ0v) is 13.4. The number of carbonyl (C=O) groups is 3. The van der Waals surface area contributed by atoms with Gasteiger partial charge in [0.15, 0.2) is 0 Å². The molecule has 3 amide bonds. The summed E-state index contributed by atoms with van der Waals surface area (Å²) in [7, 11) is 0. The molecule has 1 aliphatic heterocycles. The van der Waals surface area contributed by atoms with Gasteiger partial charge >= 0.3 is 0 Å². The maximum Gasteiger partial charge on any atom is 0.243 e. The fourth-order valence-electron chi connectivity index (χ4n) is 2.53. The fourth-order valence-corrected chi connectivity index (χ4v) is 2.53. The number of likely N-dealkylation sites (tertiary alicyclic amines) is 1. The Morgan fingerprint density at radius 2 is 1.83 bits per heavy atom. The number of nitrogens with zero attached hydrogens (tertiary/aromatic N) is 1. The maximum atomic E-state index is 12.1. The van der Waals surface area contributed by atoms with Gasteiger partial charge in [-0.05, 0) is 37.5 Å². The van der Waals surface area contributed by atoms with Crippen LogP contribution in [0.1, 0.15) is 39.0 Å². The van der Waals surface area contributed by atoms with Crippen LogP contribution in [0.25, 0.3) is 0 Å². The maximum absolute atomic E-state index is 12.1. The average Bonchev–Trinajstić information content (AvgIpc) is 2.50. The molecule has 0 aliphatic carbocycles. The normalized spacial score (nSPS) is 14.5. The summed E-state index contributed by atoms with van der Waals surface area (Å²) >= 11 is 0. The summed E-state index contributed by atoms with van der Waals surface area (Å²) in [5, 5.41) is 5.56. The molecule has 2 rings (SSSR count). The summed E-state index contributed by atoms with van der Waals surface area (Å²) in [4.78, 5) is 37.0. The van der Waals surface area contributed by atoms with E-state index in [9.17, 15) is 14.4 Å². The minimum absolute atomic E-state index is 0.0342. The van der Waals surface area contributed by atoms with Gasteiger partial charge in [-0.25, -0.2) is 0 Å². The summed E-state index contributed by atoms with van der Waals surface area (Å²) in [5.74, 6) is -0.237. The SMILES string of the molecule is CCCC(=O)Nc1cccc(NC(=O)CN2CCCCC2=O)c1. The van der Waals surface area contributed by atoms with Crippen molar-refractivity contribution in [2.24, 2.45) is 0 Å². The van der Waals surface area contributed by atoms with Crippen LogP contribution in [-0.2, 0) is 14.4 Å². The molecule has 0 radical (unpaired) electrons. The number of hydrogen-bond acceptors (Lipinski definition) is 3. The Morgan fingerprint density at radius 1 is 1.13 bits per heavy atom. The molecule has 124 valence electrons. The van der Waals surface area contributed by atoms with Crippen molar-refractivity contribution in [3.63, 3.8) is 0 Å². The number of anilines is 2. The minimum atomic E-state index is -0.225. The molecule has 0 saturated carbocycles. The van der Waals surface area contributed by atoms with Crippen LogP contribution in [0.15, 0.2) is 24.3 Å². The molecule has 1 aromatic rings. The second-order valence-electron chi connectivity index (χ2n) is 5.70. The van der Waals surface area contributed by atoms with Crippen molar-refractivity contribution in [2.75, 3.05) is 23.7 Å². The summed E-state index contributed by atoms with van der Waals surface area (Å²) in [6, 6.07) is 7.01. The lowest BCUT2D eigenvalue weighted by Gasteiger charge is -2.26. The van der Waals surface area contributed by atoms with Crippen molar-refractivity contribution in [1.82, 2.24) is 4.90 Å². The van der Waals surface area contributed by atoms with E-state index in [2.05, 4.69) is 10.6 Å². The fraction of sp³-hybridized carbons (Fsp3) is 0.471. The zero-order chi connectivity index (χ0) is 16.7. The lowest BCUT2D eigenvalue weighted by Crippen LogP contribution is -2.40. The number of hydrogen-bond donors (Lipinski definition) is 2. The monoisotopic (exact) mass is 317 g/mol. The summed E-state index contributed by atoms with van der Waals surface area (Å²) in [5.41, 5.74) is 1.25. The second-order valence-corrected chi connectivity index (χ2v) is 5.70. The molecule has 0 atom stereocenters. The molecule has 1 aliphatic rings. The van der Waals surface area contributed by atoms with Crippen LogP contribution >= 0.6 is 0 Å². The Hall–Kier alpha value is -2.37. The van der Waals surface area contributed by atoms with E-state index in [0.29, 0.717) is 30.8 Å². The Bertz CT molecular complexity index is 586. The van der Waals surface area contributed by atoms with Crippen LogP contribution in [0.4, 0.5) is 11.4 Å². The lowest BCUT2D eigenvalue weighted by atomic mass is 10.1. The molecule has 23 heavy (non-hydrogen) atoms. The first-order valence-corrected chi connectivity index (χ1v) is 8.06. The van der Waals surface area contributed by atoms with Gasteiger partial charge in [0, 0.05) is 30.8 Å². The smallest absolute Gasteiger partial charge is 0.243 e. The predicted octanol–water partition coefficient (Wildman–Crippen LogP) is 2.38. The quantitative estimate of drug-likeness (QED) is 0.845. The van der Waals surface area contributed by atoms with Crippen molar-refractivity contribution in [1.29, 1.82) is 0 Å². The van der Waals surface area contributed by atoms with Crippen LogP contribution in [0.3, 0.4) is 0 Å². The van der Waals surface area contributed by atoms with E-state index >= 15 is 0 Å². The summed E-state index contributed by atoms with van der Waals surface area (Å²) in [6.07, 6.45) is 3.61. The first-order valence-electron chi connectivity index (χ1n) is 8.06. The molecule has 2 N–H and O–H groups in total. The van der Waals surface area contributed by atoms with Gasteiger partial charge in [-0.1, -0.05) is 13.0 Å². The average molecular weight is 317 g/mol. The van der Waals surface area contributed by atoms with Crippen molar-refractivity contribution in [3.8, 4) is 0 Å². The third-order valence-electron chi connectivity index (χ3n) is 3.66. The van der Waals surface area contributed by atoms with Crippen LogP contribution in [-0.4, -0.2) is 35.7 Å². The lowest BCUT2D eigenvalue weighted by molar-refractivity contribution is -0.136. The van der Waals surface area contributed by atoms with Crippen molar-refractivity contribution in [3.05, 3.63) is 24.3 Å². The van der Waals surface area contributed by atoms with E-state index in [4.69, 9.17) is 0 Å². The van der Waals surface area contributed by atoms with Crippen LogP contribution in [0, 0.1) is 0 Å². The number of benzene rings is 1. The molecule has 1 saturated heterocycles. The van der Waals surface area contributed by atoms with Gasteiger partial charge in [-0.3, -0.25) is 14.4 Å².